The SMILES string of the molecule is CS[C@H]1CC[C@@H](NC(=O)N[C@@H]2CCCC[C@@H]2O)C1. The minimum absolute atomic E-state index is 0.0588. The fourth-order valence-corrected chi connectivity index (χ4v) is 3.76. The molecule has 4 atom stereocenters. The van der Waals surface area contributed by atoms with E-state index in [4.69, 9.17) is 0 Å². The first kappa shape index (κ1) is 14.0. The summed E-state index contributed by atoms with van der Waals surface area (Å²) in [6, 6.07) is 0.146. The van der Waals surface area contributed by atoms with Crippen LogP contribution in [0.15, 0.2) is 0 Å². The molecule has 2 fully saturated rings. The van der Waals surface area contributed by atoms with Gasteiger partial charge in [-0.3, -0.25) is 0 Å². The third-order valence-electron chi connectivity index (χ3n) is 4.10. The summed E-state index contributed by atoms with van der Waals surface area (Å²) < 4.78 is 0. The number of hydrogen-bond acceptors (Lipinski definition) is 3. The van der Waals surface area contributed by atoms with E-state index in [1.54, 1.807) is 0 Å². The Kier molecular flexibility index (Phi) is 5.18. The van der Waals surface area contributed by atoms with Gasteiger partial charge in [0.2, 0.25) is 0 Å². The average Bonchev–Trinajstić information content (AvgIpc) is 2.80. The Morgan fingerprint density at radius 2 is 1.94 bits per heavy atom. The van der Waals surface area contributed by atoms with E-state index in [1.165, 1.54) is 6.42 Å². The molecule has 104 valence electrons. The zero-order valence-corrected chi connectivity index (χ0v) is 11.8. The molecule has 0 bridgehead atoms. The minimum atomic E-state index is -0.368. The summed E-state index contributed by atoms with van der Waals surface area (Å²) in [4.78, 5) is 11.9. The number of aliphatic hydroxyl groups excluding tert-OH is 1. The number of urea groups is 1. The summed E-state index contributed by atoms with van der Waals surface area (Å²) in [7, 11) is 0. The van der Waals surface area contributed by atoms with Crippen LogP contribution in [0.3, 0.4) is 0 Å². The number of thioether (sulfide) groups is 1. The molecule has 0 saturated heterocycles. The van der Waals surface area contributed by atoms with Gasteiger partial charge in [0, 0.05) is 11.3 Å². The van der Waals surface area contributed by atoms with E-state index in [1.807, 2.05) is 11.8 Å². The quantitative estimate of drug-likeness (QED) is 0.735. The van der Waals surface area contributed by atoms with Crippen molar-refractivity contribution in [3.63, 3.8) is 0 Å². The van der Waals surface area contributed by atoms with E-state index >= 15 is 0 Å². The Labute approximate surface area is 113 Å². The predicted molar refractivity (Wildman–Crippen MR) is 74.9 cm³/mol. The topological polar surface area (TPSA) is 61.4 Å². The van der Waals surface area contributed by atoms with Crippen molar-refractivity contribution < 1.29 is 9.90 Å². The van der Waals surface area contributed by atoms with Crippen molar-refractivity contribution in [2.45, 2.75) is 68.4 Å². The van der Waals surface area contributed by atoms with Crippen molar-refractivity contribution in [2.75, 3.05) is 6.26 Å². The van der Waals surface area contributed by atoms with Crippen LogP contribution in [0.25, 0.3) is 0 Å². The van der Waals surface area contributed by atoms with Crippen LogP contribution >= 0.6 is 11.8 Å². The van der Waals surface area contributed by atoms with Crippen LogP contribution in [0.5, 0.6) is 0 Å². The molecule has 2 rings (SSSR count). The lowest BCUT2D eigenvalue weighted by molar-refractivity contribution is 0.0940. The summed E-state index contributed by atoms with van der Waals surface area (Å²) in [6.07, 6.45) is 8.97. The molecule has 3 N–H and O–H groups in total. The normalized spacial score (nSPS) is 36.3. The summed E-state index contributed by atoms with van der Waals surface area (Å²) in [6.45, 7) is 0. The Balaban J connectivity index is 1.71. The largest absolute Gasteiger partial charge is 0.391 e. The lowest BCUT2D eigenvalue weighted by Gasteiger charge is -2.28. The van der Waals surface area contributed by atoms with E-state index < -0.39 is 0 Å². The second-order valence-corrected chi connectivity index (χ2v) is 6.58. The third kappa shape index (κ3) is 3.79. The molecule has 0 unspecified atom stereocenters. The first-order chi connectivity index (χ1) is 8.69. The minimum Gasteiger partial charge on any atom is -0.391 e. The summed E-state index contributed by atoms with van der Waals surface area (Å²) in [5.74, 6) is 0. The number of nitrogens with one attached hydrogen (secondary N) is 2. The van der Waals surface area contributed by atoms with Crippen LogP contribution in [0, 0.1) is 0 Å². The van der Waals surface area contributed by atoms with Crippen molar-refractivity contribution in [1.29, 1.82) is 0 Å². The van der Waals surface area contributed by atoms with E-state index in [0.717, 1.165) is 38.5 Å². The monoisotopic (exact) mass is 272 g/mol. The molecule has 0 aromatic carbocycles. The van der Waals surface area contributed by atoms with Gasteiger partial charge >= 0.3 is 6.03 Å². The zero-order valence-electron chi connectivity index (χ0n) is 11.0. The molecule has 0 heterocycles. The van der Waals surface area contributed by atoms with Gasteiger partial charge in [0.1, 0.15) is 0 Å². The van der Waals surface area contributed by atoms with Gasteiger partial charge in [0.15, 0.2) is 0 Å². The molecular formula is C13H24N2O2S. The number of rotatable bonds is 3. The van der Waals surface area contributed by atoms with Gasteiger partial charge in [-0.2, -0.15) is 11.8 Å². The highest BCUT2D eigenvalue weighted by atomic mass is 32.2. The molecule has 0 aromatic heterocycles. The zero-order chi connectivity index (χ0) is 13.0. The Bertz CT molecular complexity index is 288. The molecule has 0 spiro atoms. The highest BCUT2D eigenvalue weighted by Crippen LogP contribution is 2.28. The lowest BCUT2D eigenvalue weighted by atomic mass is 9.93. The molecule has 0 radical (unpaired) electrons. The van der Waals surface area contributed by atoms with Crippen LogP contribution in [0.4, 0.5) is 4.79 Å². The molecular weight excluding hydrogens is 248 g/mol. The maximum absolute atomic E-state index is 11.9. The van der Waals surface area contributed by atoms with Crippen molar-refractivity contribution in [1.82, 2.24) is 10.6 Å². The molecule has 0 aliphatic heterocycles. The maximum atomic E-state index is 11.9. The highest BCUT2D eigenvalue weighted by molar-refractivity contribution is 7.99. The van der Waals surface area contributed by atoms with E-state index in [2.05, 4.69) is 16.9 Å². The van der Waals surface area contributed by atoms with Crippen LogP contribution in [-0.2, 0) is 0 Å². The molecule has 0 aromatic rings. The second kappa shape index (κ2) is 6.66. The smallest absolute Gasteiger partial charge is 0.315 e. The first-order valence-electron chi connectivity index (χ1n) is 6.97. The van der Waals surface area contributed by atoms with Gasteiger partial charge in [-0.15, -0.1) is 0 Å². The molecule has 5 heteroatoms. The van der Waals surface area contributed by atoms with Crippen LogP contribution in [0.2, 0.25) is 0 Å². The number of carbonyl (C=O) groups is 1. The van der Waals surface area contributed by atoms with Crippen molar-refractivity contribution in [2.24, 2.45) is 0 Å². The predicted octanol–water partition coefficient (Wildman–Crippen LogP) is 1.87. The lowest BCUT2D eigenvalue weighted by Crippen LogP contribution is -2.50. The Hall–Kier alpha value is -0.420. The van der Waals surface area contributed by atoms with Crippen LogP contribution in [-0.4, -0.2) is 40.8 Å². The van der Waals surface area contributed by atoms with Crippen LogP contribution in [0.1, 0.15) is 44.9 Å². The molecule has 2 aliphatic carbocycles. The fourth-order valence-electron chi connectivity index (χ4n) is 2.96. The van der Waals surface area contributed by atoms with E-state index in [-0.39, 0.29) is 18.2 Å². The van der Waals surface area contributed by atoms with Crippen LogP contribution < -0.4 is 10.6 Å². The third-order valence-corrected chi connectivity index (χ3v) is 5.19. The molecule has 2 saturated carbocycles. The molecule has 18 heavy (non-hydrogen) atoms. The highest BCUT2D eigenvalue weighted by Gasteiger charge is 2.28. The van der Waals surface area contributed by atoms with E-state index in [0.29, 0.717) is 11.3 Å². The summed E-state index contributed by atoms with van der Waals surface area (Å²) in [5.41, 5.74) is 0. The van der Waals surface area contributed by atoms with Gasteiger partial charge in [-0.1, -0.05) is 12.8 Å². The molecule has 4 nitrogen and oxygen atoms in total. The molecule has 2 aliphatic rings. The fraction of sp³-hybridized carbons (Fsp3) is 0.923. The van der Waals surface area contributed by atoms with Gasteiger partial charge < -0.3 is 15.7 Å². The maximum Gasteiger partial charge on any atom is 0.315 e. The van der Waals surface area contributed by atoms with Gasteiger partial charge in [-0.05, 0) is 38.4 Å². The Morgan fingerprint density at radius 1 is 1.17 bits per heavy atom. The van der Waals surface area contributed by atoms with Gasteiger partial charge in [-0.25, -0.2) is 4.79 Å². The number of hydrogen-bond donors (Lipinski definition) is 3. The summed E-state index contributed by atoms with van der Waals surface area (Å²) >= 11 is 1.89. The van der Waals surface area contributed by atoms with Crippen molar-refractivity contribution >= 4 is 17.8 Å². The Morgan fingerprint density at radius 3 is 2.61 bits per heavy atom. The standard InChI is InChI=1S/C13H24N2O2S/c1-18-10-7-6-9(8-10)14-13(17)15-11-4-2-3-5-12(11)16/h9-12,16H,2-8H2,1H3,(H2,14,15,17)/t9-,10+,11-,12+/m1/s1. The first-order valence-corrected chi connectivity index (χ1v) is 8.25. The van der Waals surface area contributed by atoms with Crippen molar-refractivity contribution in [3.05, 3.63) is 0 Å². The van der Waals surface area contributed by atoms with Gasteiger partial charge in [0.05, 0.1) is 12.1 Å². The number of aliphatic hydroxyl groups is 1. The average molecular weight is 272 g/mol. The van der Waals surface area contributed by atoms with E-state index in [9.17, 15) is 9.90 Å². The van der Waals surface area contributed by atoms with Gasteiger partial charge in [0.25, 0.3) is 0 Å². The second-order valence-electron chi connectivity index (χ2n) is 5.44. The summed E-state index contributed by atoms with van der Waals surface area (Å²) in [5, 5.41) is 16.5. The number of amides is 2. The van der Waals surface area contributed by atoms with Crippen molar-refractivity contribution in [3.8, 4) is 0 Å². The molecule has 2 amide bonds. The number of carbonyl (C=O) groups excluding carboxylic acids is 1.